The van der Waals surface area contributed by atoms with E-state index in [1.54, 1.807) is 6.07 Å². The van der Waals surface area contributed by atoms with Crippen molar-refractivity contribution in [2.45, 2.75) is 19.3 Å². The summed E-state index contributed by atoms with van der Waals surface area (Å²) in [4.78, 5) is 23.1. The molecule has 1 aromatic carbocycles. The molecule has 1 aliphatic carbocycles. The summed E-state index contributed by atoms with van der Waals surface area (Å²) in [6, 6.07) is 5.42. The van der Waals surface area contributed by atoms with E-state index >= 15 is 0 Å². The molecule has 17 heavy (non-hydrogen) atoms. The molecule has 0 spiro atoms. The van der Waals surface area contributed by atoms with Crippen LogP contribution in [0.1, 0.15) is 35.2 Å². The lowest BCUT2D eigenvalue weighted by Gasteiger charge is -2.07. The largest absolute Gasteiger partial charge is 0.300 e. The number of nitriles is 1. The minimum atomic E-state index is -0.633. The summed E-state index contributed by atoms with van der Waals surface area (Å²) < 4.78 is 13.1. The monoisotopic (exact) mass is 231 g/mol. The highest BCUT2D eigenvalue weighted by Crippen LogP contribution is 2.26. The molecule has 3 nitrogen and oxygen atoms in total. The predicted molar refractivity (Wildman–Crippen MR) is 57.8 cm³/mol. The second-order valence-electron chi connectivity index (χ2n) is 4.15. The van der Waals surface area contributed by atoms with Gasteiger partial charge in [0.25, 0.3) is 0 Å². The van der Waals surface area contributed by atoms with E-state index in [2.05, 4.69) is 0 Å². The third kappa shape index (κ3) is 2.23. The summed E-state index contributed by atoms with van der Waals surface area (Å²) in [6.07, 6.45) is 1.25. The second-order valence-corrected chi connectivity index (χ2v) is 4.15. The number of hydrogen-bond donors (Lipinski definition) is 0. The van der Waals surface area contributed by atoms with Crippen molar-refractivity contribution in [3.05, 3.63) is 35.1 Å². The molecule has 86 valence electrons. The Hall–Kier alpha value is -2.02. The molecule has 1 fully saturated rings. The van der Waals surface area contributed by atoms with Crippen LogP contribution in [0, 0.1) is 23.1 Å². The van der Waals surface area contributed by atoms with Gasteiger partial charge in [-0.25, -0.2) is 4.39 Å². The average Bonchev–Trinajstić information content (AvgIpc) is 2.75. The van der Waals surface area contributed by atoms with E-state index in [-0.39, 0.29) is 29.5 Å². The van der Waals surface area contributed by atoms with E-state index in [1.165, 1.54) is 12.1 Å². The number of hydrogen-bond acceptors (Lipinski definition) is 3. The Labute approximate surface area is 97.9 Å². The quantitative estimate of drug-likeness (QED) is 0.733. The fourth-order valence-electron chi connectivity index (χ4n) is 2.04. The molecule has 0 bridgehead atoms. The molecular weight excluding hydrogens is 221 g/mol. The van der Waals surface area contributed by atoms with Crippen LogP contribution in [0.4, 0.5) is 4.39 Å². The van der Waals surface area contributed by atoms with Crippen LogP contribution in [0.5, 0.6) is 0 Å². The fraction of sp³-hybridized carbons (Fsp3) is 0.308. The molecule has 1 atom stereocenters. The van der Waals surface area contributed by atoms with E-state index in [0.29, 0.717) is 18.4 Å². The molecule has 1 saturated carbocycles. The first-order chi connectivity index (χ1) is 8.11. The summed E-state index contributed by atoms with van der Waals surface area (Å²) >= 11 is 0. The Morgan fingerprint density at radius 1 is 1.47 bits per heavy atom. The molecule has 0 aromatic heterocycles. The molecule has 4 heteroatoms. The standard InChI is InChI=1S/C13H10FNO2/c14-12-4-2-8(5-10(12)7-15)13(17)9-1-3-11(16)6-9/h2,4-5,9H,1,3,6H2. The first-order valence-corrected chi connectivity index (χ1v) is 5.37. The van der Waals surface area contributed by atoms with Crippen LogP contribution in [0.15, 0.2) is 18.2 Å². The Bertz CT molecular complexity index is 531. The molecule has 1 aromatic rings. The molecule has 0 saturated heterocycles. The molecule has 0 aliphatic heterocycles. The minimum absolute atomic E-state index is 0.0889. The van der Waals surface area contributed by atoms with Gasteiger partial charge in [-0.3, -0.25) is 9.59 Å². The van der Waals surface area contributed by atoms with Crippen LogP contribution in [0.3, 0.4) is 0 Å². The van der Waals surface area contributed by atoms with Crippen molar-refractivity contribution >= 4 is 11.6 Å². The van der Waals surface area contributed by atoms with Gasteiger partial charge in [-0.2, -0.15) is 5.26 Å². The van der Waals surface area contributed by atoms with Crippen molar-refractivity contribution < 1.29 is 14.0 Å². The molecule has 0 heterocycles. The van der Waals surface area contributed by atoms with E-state index in [0.717, 1.165) is 6.07 Å². The van der Waals surface area contributed by atoms with Crippen molar-refractivity contribution in [2.24, 2.45) is 5.92 Å². The van der Waals surface area contributed by atoms with Crippen LogP contribution >= 0.6 is 0 Å². The molecular formula is C13H10FNO2. The van der Waals surface area contributed by atoms with Gasteiger partial charge < -0.3 is 0 Å². The third-order valence-corrected chi connectivity index (χ3v) is 2.99. The maximum Gasteiger partial charge on any atom is 0.166 e. The molecule has 1 unspecified atom stereocenters. The van der Waals surface area contributed by atoms with Gasteiger partial charge in [0.1, 0.15) is 17.7 Å². The number of benzene rings is 1. The van der Waals surface area contributed by atoms with Crippen LogP contribution < -0.4 is 0 Å². The zero-order valence-electron chi connectivity index (χ0n) is 9.07. The number of carbonyl (C=O) groups is 2. The SMILES string of the molecule is N#Cc1cc(C(=O)C2CCC(=O)C2)ccc1F. The summed E-state index contributed by atoms with van der Waals surface area (Å²) in [5, 5.41) is 8.68. The number of halogens is 1. The Morgan fingerprint density at radius 3 is 2.82 bits per heavy atom. The lowest BCUT2D eigenvalue weighted by molar-refractivity contribution is -0.117. The number of ketones is 2. The van der Waals surface area contributed by atoms with Crippen LogP contribution in [0.25, 0.3) is 0 Å². The maximum absolute atomic E-state index is 13.1. The Kier molecular flexibility index (Phi) is 3.01. The van der Waals surface area contributed by atoms with Gasteiger partial charge in [0.2, 0.25) is 0 Å². The summed E-state index contributed by atoms with van der Waals surface area (Å²) in [5.41, 5.74) is 0.169. The van der Waals surface area contributed by atoms with Gasteiger partial charge in [-0.15, -0.1) is 0 Å². The second kappa shape index (κ2) is 4.46. The van der Waals surface area contributed by atoms with E-state index in [1.807, 2.05) is 0 Å². The van der Waals surface area contributed by atoms with E-state index in [4.69, 9.17) is 5.26 Å². The average molecular weight is 231 g/mol. The van der Waals surface area contributed by atoms with Crippen molar-refractivity contribution in [1.82, 2.24) is 0 Å². The minimum Gasteiger partial charge on any atom is -0.300 e. The first-order valence-electron chi connectivity index (χ1n) is 5.37. The van der Waals surface area contributed by atoms with Crippen LogP contribution in [0.2, 0.25) is 0 Å². The van der Waals surface area contributed by atoms with Crippen LogP contribution in [-0.2, 0) is 4.79 Å². The van der Waals surface area contributed by atoms with Crippen molar-refractivity contribution in [1.29, 1.82) is 5.26 Å². The van der Waals surface area contributed by atoms with Gasteiger partial charge in [-0.05, 0) is 24.6 Å². The highest BCUT2D eigenvalue weighted by Gasteiger charge is 2.29. The topological polar surface area (TPSA) is 57.9 Å². The lowest BCUT2D eigenvalue weighted by atomic mass is 9.95. The Morgan fingerprint density at radius 2 is 2.24 bits per heavy atom. The smallest absolute Gasteiger partial charge is 0.166 e. The number of Topliss-reactive ketones (excluding diaryl/α,β-unsaturated/α-hetero) is 2. The zero-order valence-corrected chi connectivity index (χ0v) is 9.07. The van der Waals surface area contributed by atoms with Gasteiger partial charge in [0, 0.05) is 24.3 Å². The molecule has 1 aliphatic rings. The Balaban J connectivity index is 2.26. The van der Waals surface area contributed by atoms with Crippen molar-refractivity contribution in [2.75, 3.05) is 0 Å². The van der Waals surface area contributed by atoms with Gasteiger partial charge in [-0.1, -0.05) is 0 Å². The molecule has 0 N–H and O–H groups in total. The van der Waals surface area contributed by atoms with Crippen molar-refractivity contribution in [3.8, 4) is 6.07 Å². The van der Waals surface area contributed by atoms with E-state index in [9.17, 15) is 14.0 Å². The van der Waals surface area contributed by atoms with Gasteiger partial charge in [0.15, 0.2) is 5.78 Å². The first kappa shape index (κ1) is 11.5. The number of carbonyl (C=O) groups excluding carboxylic acids is 2. The van der Waals surface area contributed by atoms with E-state index < -0.39 is 5.82 Å². The molecule has 0 amide bonds. The third-order valence-electron chi connectivity index (χ3n) is 2.99. The van der Waals surface area contributed by atoms with Crippen molar-refractivity contribution in [3.63, 3.8) is 0 Å². The molecule has 2 rings (SSSR count). The van der Waals surface area contributed by atoms with Crippen LogP contribution in [-0.4, -0.2) is 11.6 Å². The highest BCUT2D eigenvalue weighted by molar-refractivity contribution is 6.01. The van der Waals surface area contributed by atoms with Gasteiger partial charge in [0.05, 0.1) is 5.56 Å². The number of rotatable bonds is 2. The number of nitrogens with zero attached hydrogens (tertiary/aromatic N) is 1. The fourth-order valence-corrected chi connectivity index (χ4v) is 2.04. The summed E-state index contributed by atoms with van der Waals surface area (Å²) in [5.74, 6) is -1.02. The lowest BCUT2D eigenvalue weighted by Crippen LogP contribution is -2.12. The summed E-state index contributed by atoms with van der Waals surface area (Å²) in [6.45, 7) is 0. The normalized spacial score (nSPS) is 19.1. The maximum atomic E-state index is 13.1. The molecule has 0 radical (unpaired) electrons. The zero-order chi connectivity index (χ0) is 12.4. The highest BCUT2D eigenvalue weighted by atomic mass is 19.1. The predicted octanol–water partition coefficient (Wildman–Crippen LogP) is 2.25. The summed E-state index contributed by atoms with van der Waals surface area (Å²) in [7, 11) is 0. The van der Waals surface area contributed by atoms with Gasteiger partial charge >= 0.3 is 0 Å².